The molecule has 3 aromatic rings. The number of fused-ring (bicyclic) bond motifs is 5. The van der Waals surface area contributed by atoms with Crippen LogP contribution in [0.4, 0.5) is 8.78 Å². The topological polar surface area (TPSA) is 88.0 Å². The van der Waals surface area contributed by atoms with Crippen molar-refractivity contribution in [2.75, 3.05) is 15.4 Å². The molecule has 1 fully saturated rings. The van der Waals surface area contributed by atoms with E-state index in [0.717, 1.165) is 25.8 Å². The fraction of sp³-hybridized carbons (Fsp3) is 0.385. The number of nitrogens with one attached hydrogen (secondary N) is 1. The number of aliphatic hydroxyl groups is 1. The fourth-order valence-electron chi connectivity index (χ4n) is 5.33. The van der Waals surface area contributed by atoms with Crippen LogP contribution in [0.1, 0.15) is 54.1 Å². The number of carbonyl (C=O) groups excluding carboxylic acids is 1. The summed E-state index contributed by atoms with van der Waals surface area (Å²) in [5.41, 5.74) is 1.99. The minimum atomic E-state index is -0.667. The maximum absolute atomic E-state index is 14.5. The number of nitrogens with zero attached hydrogens (tertiary/aromatic N) is 3. The van der Waals surface area contributed by atoms with Gasteiger partial charge in [0.25, 0.3) is 0 Å². The molecule has 3 heterocycles. The van der Waals surface area contributed by atoms with Gasteiger partial charge >= 0.3 is 213 Å². The van der Waals surface area contributed by atoms with Crippen molar-refractivity contribution in [2.24, 2.45) is 5.41 Å². The predicted octanol–water partition coefficient (Wildman–Crippen LogP) is 0.440. The van der Waals surface area contributed by atoms with Gasteiger partial charge in [0.1, 0.15) is 0 Å². The Hall–Kier alpha value is -2.53. The zero-order chi connectivity index (χ0) is 25.0. The number of hydrogen-bond acceptors (Lipinski definition) is 5. The standard InChI is InChI=1S/C26H26F2IN4O2/c1-14(34)12-30-24(35)19-8-5-9-21(31-19)26-13-29-11-16(25(26,2)3)15-10-20(32-33-23(15)26)22-17(27)6-4-7-18(22)28/h4-10,14,16,34H,11-13H2,1-3H3,(H,30,35)/q-1/t14-,16+,26+/m1/s1. The van der Waals surface area contributed by atoms with Crippen molar-refractivity contribution in [3.63, 3.8) is 0 Å². The van der Waals surface area contributed by atoms with Crippen molar-refractivity contribution in [1.82, 2.24) is 20.5 Å². The first-order valence-electron chi connectivity index (χ1n) is 11.5. The minimum absolute atomic E-state index is 0.138. The van der Waals surface area contributed by atoms with Crippen LogP contribution in [0, 0.1) is 17.0 Å². The first kappa shape index (κ1) is 24.2. The number of amides is 1. The van der Waals surface area contributed by atoms with E-state index in [1.54, 1.807) is 19.1 Å². The molecular formula is C26H26F2IN4O2-. The number of carbonyl (C=O) groups is 1. The van der Waals surface area contributed by atoms with Crippen LogP contribution >= 0.6 is 0 Å². The van der Waals surface area contributed by atoms with E-state index < -0.39 is 23.2 Å². The van der Waals surface area contributed by atoms with Crippen molar-refractivity contribution >= 4 is 5.91 Å². The second-order valence-electron chi connectivity index (χ2n) is 9.75. The number of benzene rings is 1. The molecule has 1 aromatic carbocycles. The first-order chi connectivity index (χ1) is 16.7. The Morgan fingerprint density at radius 3 is 2.63 bits per heavy atom. The Labute approximate surface area is 212 Å². The molecule has 6 nitrogen and oxygen atoms in total. The summed E-state index contributed by atoms with van der Waals surface area (Å²) in [5, 5.41) is 21.1. The maximum atomic E-state index is 14.5. The molecule has 9 heteroatoms. The number of pyridine rings is 1. The Morgan fingerprint density at radius 1 is 1.20 bits per heavy atom. The van der Waals surface area contributed by atoms with Crippen LogP contribution < -0.4 is 26.5 Å². The zero-order valence-corrected chi connectivity index (χ0v) is 21.8. The van der Waals surface area contributed by atoms with Crippen LogP contribution in [0.15, 0.2) is 42.5 Å². The summed E-state index contributed by atoms with van der Waals surface area (Å²) in [7, 11) is 0. The second kappa shape index (κ2) is 8.85. The molecule has 2 bridgehead atoms. The van der Waals surface area contributed by atoms with Gasteiger partial charge in [0.15, 0.2) is 0 Å². The van der Waals surface area contributed by atoms with Crippen LogP contribution in [0.3, 0.4) is 0 Å². The van der Waals surface area contributed by atoms with Crippen molar-refractivity contribution < 1.29 is 39.9 Å². The quantitative estimate of drug-likeness (QED) is 0.333. The molecule has 1 amide bonds. The van der Waals surface area contributed by atoms with Crippen LogP contribution in [0.5, 0.6) is 0 Å². The molecule has 2 aromatic heterocycles. The van der Waals surface area contributed by atoms with E-state index in [1.807, 2.05) is 12.1 Å². The molecular weight excluding hydrogens is 565 g/mol. The summed E-state index contributed by atoms with van der Waals surface area (Å²) in [6.45, 7) is 6.12. The molecule has 5 rings (SSSR count). The molecule has 2 N–H and O–H groups in total. The van der Waals surface area contributed by atoms with Gasteiger partial charge in [0.05, 0.1) is 0 Å². The molecule has 35 heavy (non-hydrogen) atoms. The van der Waals surface area contributed by atoms with E-state index in [0.29, 0.717) is 0 Å². The van der Waals surface area contributed by atoms with Crippen LogP contribution in [-0.4, -0.2) is 47.7 Å². The molecule has 1 aliphatic carbocycles. The zero-order valence-electron chi connectivity index (χ0n) is 19.6. The Bertz CT molecular complexity index is 1300. The van der Waals surface area contributed by atoms with Gasteiger partial charge in [-0.2, -0.15) is 0 Å². The number of rotatable bonds is 5. The normalized spacial score (nSPS) is 23.2. The third kappa shape index (κ3) is 3.74. The van der Waals surface area contributed by atoms with Crippen LogP contribution in [0.2, 0.25) is 0 Å². The van der Waals surface area contributed by atoms with E-state index in [-0.39, 0.29) is 61.9 Å². The Balaban J connectivity index is 1.63. The predicted molar refractivity (Wildman–Crippen MR) is 123 cm³/mol. The number of halogens is 3. The van der Waals surface area contributed by atoms with Crippen LogP contribution in [0.25, 0.3) is 11.3 Å². The van der Waals surface area contributed by atoms with E-state index in [1.165, 1.54) is 18.2 Å². The average molecular weight is 591 g/mol. The Kier molecular flexibility index (Phi) is 6.11. The van der Waals surface area contributed by atoms with Gasteiger partial charge in [-0.15, -0.1) is 0 Å². The van der Waals surface area contributed by atoms with Crippen molar-refractivity contribution in [2.45, 2.75) is 38.2 Å². The number of aliphatic hydroxyl groups excluding tert-OH is 1. The average Bonchev–Trinajstić information content (AvgIpc) is 2.92. The van der Waals surface area contributed by atoms with E-state index >= 15 is 0 Å². The van der Waals surface area contributed by atoms with E-state index in [2.05, 4.69) is 29.4 Å². The molecule has 3 atom stereocenters. The Morgan fingerprint density at radius 2 is 1.91 bits per heavy atom. The van der Waals surface area contributed by atoms with E-state index in [9.17, 15) is 18.7 Å². The summed E-state index contributed by atoms with van der Waals surface area (Å²) < 4.78 is 30.9. The molecule has 0 saturated carbocycles. The summed E-state index contributed by atoms with van der Waals surface area (Å²) in [5.74, 6) is -1.53. The van der Waals surface area contributed by atoms with Gasteiger partial charge in [-0.1, -0.05) is 0 Å². The summed E-state index contributed by atoms with van der Waals surface area (Å²) in [6.07, 6.45) is -0.658. The van der Waals surface area contributed by atoms with Crippen LogP contribution in [-0.2, 0) is 5.41 Å². The monoisotopic (exact) mass is 591 g/mol. The fourth-order valence-corrected chi connectivity index (χ4v) is 10.4. The summed E-state index contributed by atoms with van der Waals surface area (Å²) >= 11 is -0.195. The third-order valence-corrected chi connectivity index (χ3v) is 10.5. The number of aromatic nitrogens is 3. The summed E-state index contributed by atoms with van der Waals surface area (Å²) in [6, 6.07) is 11.0. The molecule has 2 aliphatic rings. The number of alkyl halides is 2. The number of hydrogen-bond donors (Lipinski definition) is 2. The van der Waals surface area contributed by atoms with Gasteiger partial charge in [-0.05, 0) is 0 Å². The first-order valence-corrected chi connectivity index (χ1v) is 14.5. The molecule has 1 aliphatic heterocycles. The van der Waals surface area contributed by atoms with Crippen molar-refractivity contribution in [1.29, 1.82) is 0 Å². The van der Waals surface area contributed by atoms with Crippen molar-refractivity contribution in [3.05, 3.63) is 76.7 Å². The third-order valence-electron chi connectivity index (χ3n) is 7.33. The molecule has 0 unspecified atom stereocenters. The second-order valence-corrected chi connectivity index (χ2v) is 12.5. The van der Waals surface area contributed by atoms with Crippen molar-refractivity contribution in [3.8, 4) is 11.3 Å². The van der Waals surface area contributed by atoms with Gasteiger partial charge in [-0.25, -0.2) is 0 Å². The van der Waals surface area contributed by atoms with Gasteiger partial charge in [0, 0.05) is 0 Å². The van der Waals surface area contributed by atoms with Gasteiger partial charge < -0.3 is 0 Å². The molecule has 1 saturated heterocycles. The van der Waals surface area contributed by atoms with Gasteiger partial charge in [0.2, 0.25) is 0 Å². The van der Waals surface area contributed by atoms with E-state index in [4.69, 9.17) is 4.98 Å². The SMILES string of the molecule is C[C@@H](O)CNC(=O)c1cccc([C@@]23C[I-]C[C@@H](c4cc(-c5c(F)cccc5F)nnc42)C3(C)C)n1. The summed E-state index contributed by atoms with van der Waals surface area (Å²) in [4.78, 5) is 17.5. The molecule has 184 valence electrons. The molecule has 0 spiro atoms. The molecule has 0 radical (unpaired) electrons. The van der Waals surface area contributed by atoms with Gasteiger partial charge in [-0.3, -0.25) is 0 Å².